The molecule has 0 aliphatic heterocycles. The minimum absolute atomic E-state index is 0.140. The van der Waals surface area contributed by atoms with Crippen molar-refractivity contribution in [2.45, 2.75) is 71.6 Å². The zero-order valence-corrected chi connectivity index (χ0v) is 16.7. The van der Waals surface area contributed by atoms with Crippen molar-refractivity contribution in [1.82, 2.24) is 14.9 Å². The highest BCUT2D eigenvalue weighted by Gasteiger charge is 2.23. The van der Waals surface area contributed by atoms with E-state index in [0.29, 0.717) is 28.8 Å². The van der Waals surface area contributed by atoms with Crippen LogP contribution in [0.2, 0.25) is 0 Å². The average molecular weight is 385 g/mol. The molecule has 1 amide bonds. The molecule has 1 saturated carbocycles. The summed E-state index contributed by atoms with van der Waals surface area (Å²) in [4.78, 5) is 41.3. The molecule has 2 aromatic rings. The van der Waals surface area contributed by atoms with Crippen LogP contribution >= 0.6 is 0 Å². The van der Waals surface area contributed by atoms with Crippen LogP contribution in [0.4, 0.5) is 0 Å². The Bertz CT molecular complexity index is 945. The van der Waals surface area contributed by atoms with Crippen LogP contribution in [-0.2, 0) is 16.1 Å². The van der Waals surface area contributed by atoms with E-state index in [0.717, 1.165) is 25.7 Å². The molecule has 1 aromatic heterocycles. The first-order chi connectivity index (χ1) is 13.4. The number of ether oxygens (including phenoxy) is 1. The van der Waals surface area contributed by atoms with Crippen molar-refractivity contribution in [2.24, 2.45) is 0 Å². The molecule has 0 saturated heterocycles. The largest absolute Gasteiger partial charge is 0.449 e. The number of aryl methyl sites for hydroxylation is 2. The summed E-state index contributed by atoms with van der Waals surface area (Å²) < 4.78 is 6.97. The van der Waals surface area contributed by atoms with Crippen molar-refractivity contribution in [3.63, 3.8) is 0 Å². The zero-order chi connectivity index (χ0) is 20.3. The van der Waals surface area contributed by atoms with E-state index in [1.807, 2.05) is 6.92 Å². The lowest BCUT2D eigenvalue weighted by Crippen LogP contribution is -2.42. The van der Waals surface area contributed by atoms with Gasteiger partial charge in [0, 0.05) is 12.6 Å². The molecular weight excluding hydrogens is 358 g/mol. The quantitative estimate of drug-likeness (QED) is 0.799. The van der Waals surface area contributed by atoms with Gasteiger partial charge < -0.3 is 14.6 Å². The predicted molar refractivity (Wildman–Crippen MR) is 106 cm³/mol. The molecule has 7 nitrogen and oxygen atoms in total. The molecule has 0 bridgehead atoms. The van der Waals surface area contributed by atoms with Crippen LogP contribution in [0.5, 0.6) is 0 Å². The molecule has 1 aromatic carbocycles. The summed E-state index contributed by atoms with van der Waals surface area (Å²) in [7, 11) is 0. The Morgan fingerprint density at radius 3 is 2.68 bits per heavy atom. The number of hydrogen-bond acceptors (Lipinski definition) is 5. The molecule has 1 aliphatic carbocycles. The molecule has 0 unspecified atom stereocenters. The van der Waals surface area contributed by atoms with Crippen LogP contribution in [0, 0.1) is 6.92 Å². The minimum atomic E-state index is -0.871. The van der Waals surface area contributed by atoms with E-state index < -0.39 is 12.1 Å². The second-order valence-corrected chi connectivity index (χ2v) is 7.34. The summed E-state index contributed by atoms with van der Waals surface area (Å²) in [6, 6.07) is 5.05. The molecule has 1 heterocycles. The number of nitrogens with one attached hydrogen (secondary N) is 1. The fourth-order valence-corrected chi connectivity index (χ4v) is 3.66. The summed E-state index contributed by atoms with van der Waals surface area (Å²) in [5.74, 6) is -0.850. The van der Waals surface area contributed by atoms with Gasteiger partial charge in [0.1, 0.15) is 5.69 Å². The number of nitrogens with zero attached hydrogens (tertiary/aromatic N) is 2. The van der Waals surface area contributed by atoms with Gasteiger partial charge in [0.25, 0.3) is 11.5 Å². The van der Waals surface area contributed by atoms with E-state index in [9.17, 15) is 14.4 Å². The molecule has 150 valence electrons. The number of aromatic nitrogens is 2. The van der Waals surface area contributed by atoms with E-state index >= 15 is 0 Å². The summed E-state index contributed by atoms with van der Waals surface area (Å²) >= 11 is 0. The van der Waals surface area contributed by atoms with Crippen molar-refractivity contribution < 1.29 is 14.3 Å². The lowest BCUT2D eigenvalue weighted by atomic mass is 9.95. The maximum absolute atomic E-state index is 12.5. The number of hydrogen-bond donors (Lipinski definition) is 1. The van der Waals surface area contributed by atoms with Crippen molar-refractivity contribution >= 4 is 22.9 Å². The lowest BCUT2D eigenvalue weighted by Gasteiger charge is -2.24. The third-order valence-corrected chi connectivity index (χ3v) is 5.27. The zero-order valence-electron chi connectivity index (χ0n) is 16.7. The van der Waals surface area contributed by atoms with Gasteiger partial charge >= 0.3 is 5.97 Å². The Hall–Kier alpha value is -2.70. The van der Waals surface area contributed by atoms with Crippen LogP contribution < -0.4 is 10.9 Å². The van der Waals surface area contributed by atoms with Crippen LogP contribution in [0.3, 0.4) is 0 Å². The van der Waals surface area contributed by atoms with Gasteiger partial charge in [0.15, 0.2) is 6.10 Å². The highest BCUT2D eigenvalue weighted by Crippen LogP contribution is 2.18. The first-order valence-electron chi connectivity index (χ1n) is 9.93. The van der Waals surface area contributed by atoms with E-state index in [4.69, 9.17) is 4.74 Å². The number of carbonyl (C=O) groups is 2. The van der Waals surface area contributed by atoms with Crippen molar-refractivity contribution in [3.8, 4) is 0 Å². The molecule has 0 spiro atoms. The Labute approximate surface area is 164 Å². The number of fused-ring (bicyclic) bond motifs is 1. The van der Waals surface area contributed by atoms with Gasteiger partial charge in [-0.15, -0.1) is 0 Å². The smallest absolute Gasteiger partial charge is 0.338 e. The highest BCUT2D eigenvalue weighted by molar-refractivity contribution is 5.95. The second kappa shape index (κ2) is 8.54. The summed E-state index contributed by atoms with van der Waals surface area (Å²) in [5, 5.41) is 2.97. The van der Waals surface area contributed by atoms with E-state index in [-0.39, 0.29) is 17.5 Å². The van der Waals surface area contributed by atoms with Gasteiger partial charge in [-0.05, 0) is 51.8 Å². The van der Waals surface area contributed by atoms with Gasteiger partial charge in [0.05, 0.1) is 16.6 Å². The first-order valence-corrected chi connectivity index (χ1v) is 9.93. The predicted octanol–water partition coefficient (Wildman–Crippen LogP) is 2.72. The third kappa shape index (κ3) is 4.24. The average Bonchev–Trinajstić information content (AvgIpc) is 2.69. The monoisotopic (exact) mass is 385 g/mol. The Kier molecular flexibility index (Phi) is 6.11. The summed E-state index contributed by atoms with van der Waals surface area (Å²) in [5.41, 5.74) is 1.75. The summed E-state index contributed by atoms with van der Waals surface area (Å²) in [6.45, 7) is 5.63. The van der Waals surface area contributed by atoms with E-state index in [1.54, 1.807) is 36.6 Å². The minimum Gasteiger partial charge on any atom is -0.449 e. The van der Waals surface area contributed by atoms with Gasteiger partial charge in [-0.3, -0.25) is 9.59 Å². The van der Waals surface area contributed by atoms with Crippen LogP contribution in [0.25, 0.3) is 11.0 Å². The number of benzene rings is 1. The Morgan fingerprint density at radius 1 is 1.29 bits per heavy atom. The number of esters is 1. The maximum atomic E-state index is 12.5. The Morgan fingerprint density at radius 2 is 2.00 bits per heavy atom. The standard InChI is InChI=1S/C21H27N3O4/c1-4-24-18-11-10-15(12-17(18)22-13(2)20(24)26)21(27)28-14(3)19(25)23-16-8-6-5-7-9-16/h10-12,14,16H,4-9H2,1-3H3,(H,23,25)/t14-/m1/s1. The van der Waals surface area contributed by atoms with Crippen LogP contribution in [0.15, 0.2) is 23.0 Å². The van der Waals surface area contributed by atoms with Gasteiger partial charge in [-0.2, -0.15) is 0 Å². The highest BCUT2D eigenvalue weighted by atomic mass is 16.5. The number of amides is 1. The summed E-state index contributed by atoms with van der Waals surface area (Å²) in [6.07, 6.45) is 4.52. The fourth-order valence-electron chi connectivity index (χ4n) is 3.66. The van der Waals surface area contributed by atoms with E-state index in [1.165, 1.54) is 6.42 Å². The molecule has 1 N–H and O–H groups in total. The molecule has 3 rings (SSSR count). The number of rotatable bonds is 5. The van der Waals surface area contributed by atoms with E-state index in [2.05, 4.69) is 10.3 Å². The third-order valence-electron chi connectivity index (χ3n) is 5.27. The van der Waals surface area contributed by atoms with Gasteiger partial charge in [-0.25, -0.2) is 9.78 Å². The molecule has 1 fully saturated rings. The SMILES string of the molecule is CCn1c(=O)c(C)nc2cc(C(=O)O[C@H](C)C(=O)NC3CCCCC3)ccc21. The second-order valence-electron chi connectivity index (χ2n) is 7.34. The van der Waals surface area contributed by atoms with Gasteiger partial charge in [0.2, 0.25) is 0 Å². The Balaban J connectivity index is 1.73. The van der Waals surface area contributed by atoms with Crippen LogP contribution in [0.1, 0.15) is 62.0 Å². The molecular formula is C21H27N3O4. The normalized spacial score (nSPS) is 16.0. The molecule has 1 atom stereocenters. The molecule has 0 radical (unpaired) electrons. The number of carbonyl (C=O) groups excluding carboxylic acids is 2. The lowest BCUT2D eigenvalue weighted by molar-refractivity contribution is -0.130. The molecule has 1 aliphatic rings. The first kappa shape index (κ1) is 20.0. The van der Waals surface area contributed by atoms with Crippen LogP contribution in [-0.4, -0.2) is 33.6 Å². The molecule has 28 heavy (non-hydrogen) atoms. The van der Waals surface area contributed by atoms with Crippen molar-refractivity contribution in [3.05, 3.63) is 39.8 Å². The van der Waals surface area contributed by atoms with Crippen molar-refractivity contribution in [1.29, 1.82) is 0 Å². The topological polar surface area (TPSA) is 90.3 Å². The van der Waals surface area contributed by atoms with Crippen molar-refractivity contribution in [2.75, 3.05) is 0 Å². The molecule has 7 heteroatoms. The maximum Gasteiger partial charge on any atom is 0.338 e. The van der Waals surface area contributed by atoms with Gasteiger partial charge in [-0.1, -0.05) is 19.3 Å². The fraction of sp³-hybridized carbons (Fsp3) is 0.524.